The zero-order valence-electron chi connectivity index (χ0n) is 5.77. The first-order valence-electron chi connectivity index (χ1n) is 2.72. The Labute approximate surface area is 77.1 Å². The van der Waals surface area contributed by atoms with Crippen molar-refractivity contribution in [3.05, 3.63) is 10.1 Å². The van der Waals surface area contributed by atoms with Gasteiger partial charge in [0.15, 0.2) is 6.61 Å². The molecule has 0 saturated carbocycles. The molecule has 0 fully saturated rings. The van der Waals surface area contributed by atoms with Crippen LogP contribution in [0.5, 0.6) is 0 Å². The molecule has 0 aliphatic carbocycles. The number of nitro groups is 1. The molecule has 9 heteroatoms. The molecule has 12 heavy (non-hydrogen) atoms. The van der Waals surface area contributed by atoms with Crippen molar-refractivity contribution in [2.24, 2.45) is 0 Å². The van der Waals surface area contributed by atoms with Gasteiger partial charge in [-0.25, -0.2) is 0 Å². The number of hydrogen-bond donors (Lipinski definition) is 2. The molecule has 0 rings (SSSR count). The summed E-state index contributed by atoms with van der Waals surface area (Å²) in [6, 6.07) is 0. The van der Waals surface area contributed by atoms with Crippen molar-refractivity contribution in [3.63, 3.8) is 0 Å². The summed E-state index contributed by atoms with van der Waals surface area (Å²) in [6.45, 7) is -1.49. The molecule has 0 radical (unpaired) electrons. The third kappa shape index (κ3) is 3.24. The minimum Gasteiger partial charge on any atom is -0.511 e. The lowest BCUT2D eigenvalue weighted by molar-refractivity contribution is -0.541. The van der Waals surface area contributed by atoms with Crippen LogP contribution in [0.4, 0.5) is 0 Å². The van der Waals surface area contributed by atoms with Crippen LogP contribution in [0.1, 0.15) is 0 Å². The third-order valence-corrected chi connectivity index (χ3v) is 2.15. The predicted octanol–water partition coefficient (Wildman–Crippen LogP) is -1.23. The average molecular weight is 260 g/mol. The Morgan fingerprint density at radius 1 is 1.75 bits per heavy atom. The zero-order chi connectivity index (χ0) is 9.78. The van der Waals surface area contributed by atoms with E-state index in [-0.39, 0.29) is 0 Å². The molecule has 0 aliphatic heterocycles. The van der Waals surface area contributed by atoms with E-state index in [4.69, 9.17) is 9.90 Å². The van der Waals surface area contributed by atoms with Crippen LogP contribution in [0, 0.1) is 10.1 Å². The number of aliphatic hydroxyl groups is 1. The molecule has 70 valence electrons. The quantitative estimate of drug-likeness (QED) is 0.210. The normalized spacial score (nSPS) is 14.8. The van der Waals surface area contributed by atoms with E-state index in [1.807, 2.05) is 0 Å². The van der Waals surface area contributed by atoms with Gasteiger partial charge in [-0.15, -0.1) is 0 Å². The molecule has 1 unspecified atom stereocenters. The molecule has 0 aromatic carbocycles. The number of aliphatic hydroxyl groups excluding tert-OH is 1. The van der Waals surface area contributed by atoms with Crippen molar-refractivity contribution in [3.8, 4) is 0 Å². The topological polar surface area (TPSA) is 110 Å². The molecule has 2 N–H and O–H groups in total. The SMILES string of the molecule is O=[N+]([O-])C(Br)(CO)CO[Si](=O)O. The molecule has 0 spiro atoms. The van der Waals surface area contributed by atoms with E-state index in [9.17, 15) is 14.6 Å². The third-order valence-electron chi connectivity index (χ3n) is 0.986. The van der Waals surface area contributed by atoms with Gasteiger partial charge in [0.1, 0.15) is 6.61 Å². The van der Waals surface area contributed by atoms with Crippen LogP contribution < -0.4 is 0 Å². The van der Waals surface area contributed by atoms with E-state index in [2.05, 4.69) is 20.4 Å². The van der Waals surface area contributed by atoms with E-state index in [0.717, 1.165) is 0 Å². The molecule has 0 amide bonds. The van der Waals surface area contributed by atoms with Crippen molar-refractivity contribution >= 4 is 25.1 Å². The Kier molecular flexibility index (Phi) is 4.27. The van der Waals surface area contributed by atoms with Gasteiger partial charge in [0.25, 0.3) is 0 Å². The Morgan fingerprint density at radius 2 is 2.25 bits per heavy atom. The lowest BCUT2D eigenvalue weighted by Crippen LogP contribution is -2.41. The van der Waals surface area contributed by atoms with Crippen molar-refractivity contribution < 1.29 is 23.7 Å². The monoisotopic (exact) mass is 259 g/mol. The summed E-state index contributed by atoms with van der Waals surface area (Å²) in [6.07, 6.45) is 0. The molecule has 0 aromatic heterocycles. The van der Waals surface area contributed by atoms with Gasteiger partial charge in [-0.2, -0.15) is 0 Å². The van der Waals surface area contributed by atoms with Crippen LogP contribution in [-0.4, -0.2) is 41.7 Å². The molecule has 0 aromatic rings. The van der Waals surface area contributed by atoms with Crippen LogP contribution in [0.3, 0.4) is 0 Å². The largest absolute Gasteiger partial charge is 0.764 e. The minimum atomic E-state index is -3.21. The number of halogens is 1. The highest BCUT2D eigenvalue weighted by atomic mass is 79.9. The Bertz CT molecular complexity index is 199. The standard InChI is InChI=1S/C3H6BrNO6Si/c4-3(1-6,5(7)8)2-11-12(9)10/h6,9H,1-2H2. The van der Waals surface area contributed by atoms with Gasteiger partial charge in [-0.3, -0.25) is 14.6 Å². The van der Waals surface area contributed by atoms with Crippen LogP contribution in [0.25, 0.3) is 0 Å². The summed E-state index contributed by atoms with van der Waals surface area (Å²) in [5.41, 5.74) is 0. The second kappa shape index (κ2) is 4.47. The highest BCUT2D eigenvalue weighted by Gasteiger charge is 2.41. The lowest BCUT2D eigenvalue weighted by Gasteiger charge is -2.14. The van der Waals surface area contributed by atoms with Gasteiger partial charge in [-0.05, 0) is 0 Å². The maximum Gasteiger partial charge on any atom is 0.764 e. The van der Waals surface area contributed by atoms with Crippen molar-refractivity contribution in [1.29, 1.82) is 0 Å². The average Bonchev–Trinajstić information content (AvgIpc) is 1.99. The lowest BCUT2D eigenvalue weighted by atomic mass is 10.4. The number of nitrogens with zero attached hydrogens (tertiary/aromatic N) is 1. The maximum atomic E-state index is 10.2. The molecule has 7 nitrogen and oxygen atoms in total. The fourth-order valence-electron chi connectivity index (χ4n) is 0.328. The van der Waals surface area contributed by atoms with Crippen LogP contribution >= 0.6 is 15.9 Å². The van der Waals surface area contributed by atoms with Crippen LogP contribution in [0.2, 0.25) is 0 Å². The van der Waals surface area contributed by atoms with Crippen molar-refractivity contribution in [2.45, 2.75) is 4.45 Å². The predicted molar refractivity (Wildman–Crippen MR) is 40.3 cm³/mol. The summed E-state index contributed by atoms with van der Waals surface area (Å²) in [7, 11) is -3.21. The molecule has 0 heterocycles. The van der Waals surface area contributed by atoms with E-state index in [1.54, 1.807) is 0 Å². The Morgan fingerprint density at radius 3 is 2.50 bits per heavy atom. The molecule has 0 saturated heterocycles. The second-order valence-electron chi connectivity index (χ2n) is 1.89. The first-order chi connectivity index (χ1) is 5.42. The summed E-state index contributed by atoms with van der Waals surface area (Å²) >= 11 is 2.57. The first-order valence-corrected chi connectivity index (χ1v) is 4.78. The fourth-order valence-corrected chi connectivity index (χ4v) is 1.02. The van der Waals surface area contributed by atoms with Crippen molar-refractivity contribution in [2.75, 3.05) is 13.2 Å². The van der Waals surface area contributed by atoms with E-state index >= 15 is 0 Å². The van der Waals surface area contributed by atoms with Crippen LogP contribution in [0.15, 0.2) is 0 Å². The summed E-state index contributed by atoms with van der Waals surface area (Å²) < 4.78 is 12.2. The van der Waals surface area contributed by atoms with E-state index in [1.165, 1.54) is 0 Å². The number of alkyl halides is 1. The van der Waals surface area contributed by atoms with Gasteiger partial charge in [0, 0.05) is 20.9 Å². The smallest absolute Gasteiger partial charge is 0.511 e. The van der Waals surface area contributed by atoms with Gasteiger partial charge < -0.3 is 14.3 Å². The highest BCUT2D eigenvalue weighted by molar-refractivity contribution is 9.10. The van der Waals surface area contributed by atoms with E-state index < -0.39 is 31.8 Å². The van der Waals surface area contributed by atoms with Gasteiger partial charge >= 0.3 is 13.6 Å². The Balaban J connectivity index is 4.15. The molecule has 1 atom stereocenters. The molecule has 0 bridgehead atoms. The number of rotatable bonds is 5. The summed E-state index contributed by atoms with van der Waals surface area (Å²) in [4.78, 5) is 17.6. The first kappa shape index (κ1) is 11.5. The molecular weight excluding hydrogens is 254 g/mol. The fraction of sp³-hybridized carbons (Fsp3) is 1.00. The van der Waals surface area contributed by atoms with Crippen molar-refractivity contribution in [1.82, 2.24) is 0 Å². The van der Waals surface area contributed by atoms with Gasteiger partial charge in [0.2, 0.25) is 0 Å². The molecule has 0 aliphatic rings. The van der Waals surface area contributed by atoms with Gasteiger partial charge in [-0.1, -0.05) is 0 Å². The maximum absolute atomic E-state index is 10.2. The Hall–Kier alpha value is -0.543. The minimum absolute atomic E-state index is 0.662. The zero-order valence-corrected chi connectivity index (χ0v) is 8.35. The molecular formula is C3H6BrNO6Si. The van der Waals surface area contributed by atoms with E-state index in [0.29, 0.717) is 0 Å². The summed E-state index contributed by atoms with van der Waals surface area (Å²) in [5, 5.41) is 18.7. The van der Waals surface area contributed by atoms with Crippen LogP contribution in [-0.2, 0) is 8.89 Å². The highest BCUT2D eigenvalue weighted by Crippen LogP contribution is 2.17. The second-order valence-corrected chi connectivity index (χ2v) is 4.18. The number of hydrogen-bond acceptors (Lipinski definition) is 5. The van der Waals surface area contributed by atoms with Gasteiger partial charge in [0.05, 0.1) is 0 Å². The summed E-state index contributed by atoms with van der Waals surface area (Å²) in [5.74, 6) is 0.